The van der Waals surface area contributed by atoms with Gasteiger partial charge >= 0.3 is 0 Å². The van der Waals surface area contributed by atoms with Gasteiger partial charge in [-0.25, -0.2) is 0 Å². The quantitative estimate of drug-likeness (QED) is 0.695. The Morgan fingerprint density at radius 1 is 0.880 bits per heavy atom. The number of hydrogen-bond donors (Lipinski definition) is 1. The summed E-state index contributed by atoms with van der Waals surface area (Å²) >= 11 is 0. The molecule has 0 bridgehead atoms. The lowest BCUT2D eigenvalue weighted by atomic mass is 10.0. The van der Waals surface area contributed by atoms with Crippen LogP contribution in [0.15, 0.2) is 78.9 Å². The number of ether oxygens (including phenoxy) is 1. The Morgan fingerprint density at radius 2 is 1.56 bits per heavy atom. The highest BCUT2D eigenvalue weighted by atomic mass is 16.5. The Morgan fingerprint density at radius 3 is 2.36 bits per heavy atom. The molecule has 0 aliphatic rings. The minimum atomic E-state index is -0.172. The Bertz CT molecular complexity index is 843. The van der Waals surface area contributed by atoms with E-state index >= 15 is 0 Å². The van der Waals surface area contributed by atoms with Crippen LogP contribution in [0.4, 0.5) is 5.69 Å². The van der Waals surface area contributed by atoms with E-state index in [1.807, 2.05) is 78.9 Å². The Hall–Kier alpha value is -3.07. The number of anilines is 1. The van der Waals surface area contributed by atoms with Crippen molar-refractivity contribution >= 4 is 11.6 Å². The van der Waals surface area contributed by atoms with Crippen LogP contribution in [0.5, 0.6) is 5.75 Å². The van der Waals surface area contributed by atoms with E-state index in [0.717, 1.165) is 34.5 Å². The average molecular weight is 331 g/mol. The number of rotatable bonds is 6. The van der Waals surface area contributed by atoms with Gasteiger partial charge in [0.25, 0.3) is 5.91 Å². The van der Waals surface area contributed by atoms with Crippen LogP contribution in [-0.4, -0.2) is 12.5 Å². The molecule has 1 N–H and O–H groups in total. The average Bonchev–Trinajstić information content (AvgIpc) is 2.67. The second-order valence-corrected chi connectivity index (χ2v) is 5.71. The molecule has 0 radical (unpaired) electrons. The first-order valence-corrected chi connectivity index (χ1v) is 8.43. The molecule has 1 amide bonds. The smallest absolute Gasteiger partial charge is 0.262 e. The van der Waals surface area contributed by atoms with Crippen molar-refractivity contribution < 1.29 is 9.53 Å². The van der Waals surface area contributed by atoms with Crippen LogP contribution < -0.4 is 10.1 Å². The first-order valence-electron chi connectivity index (χ1n) is 8.43. The molecule has 0 atom stereocenters. The molecule has 126 valence electrons. The summed E-state index contributed by atoms with van der Waals surface area (Å²) in [5.74, 6) is 0.589. The van der Waals surface area contributed by atoms with Gasteiger partial charge in [0.1, 0.15) is 5.75 Å². The number of amides is 1. The standard InChI is InChI=1S/C22H21NO2/c1-2-17-10-6-9-15-21(17)25-16-22(24)23-20-14-8-7-13-19(20)18-11-4-3-5-12-18/h3-15H,2,16H2,1H3,(H,23,24). The fourth-order valence-electron chi connectivity index (χ4n) is 2.73. The van der Waals surface area contributed by atoms with E-state index in [4.69, 9.17) is 4.74 Å². The summed E-state index contributed by atoms with van der Waals surface area (Å²) in [6.45, 7) is 2.05. The van der Waals surface area contributed by atoms with Crippen LogP contribution >= 0.6 is 0 Å². The maximum Gasteiger partial charge on any atom is 0.262 e. The van der Waals surface area contributed by atoms with Gasteiger partial charge in [0.2, 0.25) is 0 Å². The van der Waals surface area contributed by atoms with Crippen LogP contribution in [0.1, 0.15) is 12.5 Å². The van der Waals surface area contributed by atoms with Crippen molar-refractivity contribution in [2.75, 3.05) is 11.9 Å². The number of benzene rings is 3. The zero-order valence-corrected chi connectivity index (χ0v) is 14.2. The minimum Gasteiger partial charge on any atom is -0.483 e. The lowest BCUT2D eigenvalue weighted by molar-refractivity contribution is -0.118. The Kier molecular flexibility index (Phi) is 5.47. The molecule has 0 unspecified atom stereocenters. The maximum absolute atomic E-state index is 12.3. The molecule has 0 saturated carbocycles. The largest absolute Gasteiger partial charge is 0.483 e. The molecule has 0 aromatic heterocycles. The van der Waals surface area contributed by atoms with Gasteiger partial charge in [-0.2, -0.15) is 0 Å². The Balaban J connectivity index is 1.70. The lowest BCUT2D eigenvalue weighted by Gasteiger charge is -2.13. The summed E-state index contributed by atoms with van der Waals surface area (Å²) in [4.78, 5) is 12.3. The maximum atomic E-state index is 12.3. The topological polar surface area (TPSA) is 38.3 Å². The number of carbonyl (C=O) groups is 1. The summed E-state index contributed by atoms with van der Waals surface area (Å²) in [6, 6.07) is 25.6. The molecule has 0 aliphatic carbocycles. The Labute approximate surface area is 148 Å². The third-order valence-corrected chi connectivity index (χ3v) is 4.00. The van der Waals surface area contributed by atoms with Crippen LogP contribution in [0.3, 0.4) is 0 Å². The highest BCUT2D eigenvalue weighted by Crippen LogP contribution is 2.27. The van der Waals surface area contributed by atoms with Crippen LogP contribution in [-0.2, 0) is 11.2 Å². The predicted molar refractivity (Wildman–Crippen MR) is 102 cm³/mol. The van der Waals surface area contributed by atoms with Crippen molar-refractivity contribution in [1.29, 1.82) is 0 Å². The van der Waals surface area contributed by atoms with E-state index in [2.05, 4.69) is 12.2 Å². The van der Waals surface area contributed by atoms with E-state index < -0.39 is 0 Å². The summed E-state index contributed by atoms with van der Waals surface area (Å²) in [5.41, 5.74) is 3.94. The zero-order chi connectivity index (χ0) is 17.5. The monoisotopic (exact) mass is 331 g/mol. The molecule has 0 saturated heterocycles. The molecule has 3 aromatic carbocycles. The predicted octanol–water partition coefficient (Wildman–Crippen LogP) is 4.93. The van der Waals surface area contributed by atoms with E-state index in [9.17, 15) is 4.79 Å². The van der Waals surface area contributed by atoms with E-state index in [1.165, 1.54) is 0 Å². The van der Waals surface area contributed by atoms with Gasteiger partial charge in [-0.1, -0.05) is 73.7 Å². The van der Waals surface area contributed by atoms with Gasteiger partial charge in [-0.3, -0.25) is 4.79 Å². The minimum absolute atomic E-state index is 0.0138. The summed E-state index contributed by atoms with van der Waals surface area (Å²) in [6.07, 6.45) is 0.870. The molecular formula is C22H21NO2. The molecule has 3 nitrogen and oxygen atoms in total. The molecule has 0 fully saturated rings. The van der Waals surface area contributed by atoms with Gasteiger partial charge < -0.3 is 10.1 Å². The van der Waals surface area contributed by atoms with Gasteiger partial charge in [0, 0.05) is 11.3 Å². The normalized spacial score (nSPS) is 10.3. The van der Waals surface area contributed by atoms with Crippen LogP contribution in [0.2, 0.25) is 0 Å². The van der Waals surface area contributed by atoms with Gasteiger partial charge in [0.15, 0.2) is 6.61 Å². The zero-order valence-electron chi connectivity index (χ0n) is 14.2. The van der Waals surface area contributed by atoms with Crippen molar-refractivity contribution in [3.63, 3.8) is 0 Å². The number of hydrogen-bond acceptors (Lipinski definition) is 2. The van der Waals surface area contributed by atoms with Crippen molar-refractivity contribution in [2.24, 2.45) is 0 Å². The molecule has 0 spiro atoms. The molecule has 25 heavy (non-hydrogen) atoms. The number of nitrogens with one attached hydrogen (secondary N) is 1. The number of para-hydroxylation sites is 2. The van der Waals surface area contributed by atoms with E-state index in [0.29, 0.717) is 0 Å². The molecular weight excluding hydrogens is 310 g/mol. The summed E-state index contributed by atoms with van der Waals surface area (Å²) in [7, 11) is 0. The molecule has 3 aromatic rings. The highest BCUT2D eigenvalue weighted by Gasteiger charge is 2.09. The fourth-order valence-corrected chi connectivity index (χ4v) is 2.73. The van der Waals surface area contributed by atoms with Crippen molar-refractivity contribution in [1.82, 2.24) is 0 Å². The fraction of sp³-hybridized carbons (Fsp3) is 0.136. The van der Waals surface area contributed by atoms with E-state index in [-0.39, 0.29) is 12.5 Å². The second-order valence-electron chi connectivity index (χ2n) is 5.71. The number of aryl methyl sites for hydroxylation is 1. The van der Waals surface area contributed by atoms with Crippen molar-refractivity contribution in [2.45, 2.75) is 13.3 Å². The number of carbonyl (C=O) groups excluding carboxylic acids is 1. The van der Waals surface area contributed by atoms with Crippen LogP contribution in [0, 0.1) is 0 Å². The highest BCUT2D eigenvalue weighted by molar-refractivity contribution is 5.96. The summed E-state index contributed by atoms with van der Waals surface area (Å²) < 4.78 is 5.70. The molecule has 3 rings (SSSR count). The first-order chi connectivity index (χ1) is 12.3. The first kappa shape index (κ1) is 16.8. The van der Waals surface area contributed by atoms with E-state index in [1.54, 1.807) is 0 Å². The lowest BCUT2D eigenvalue weighted by Crippen LogP contribution is -2.20. The van der Waals surface area contributed by atoms with Crippen LogP contribution in [0.25, 0.3) is 11.1 Å². The second kappa shape index (κ2) is 8.15. The summed E-state index contributed by atoms with van der Waals surface area (Å²) in [5, 5.41) is 2.95. The molecule has 0 heterocycles. The van der Waals surface area contributed by atoms with Crippen molar-refractivity contribution in [3.8, 4) is 16.9 Å². The third-order valence-electron chi connectivity index (χ3n) is 4.00. The van der Waals surface area contributed by atoms with Crippen molar-refractivity contribution in [3.05, 3.63) is 84.4 Å². The molecule has 0 aliphatic heterocycles. The molecule has 3 heteroatoms. The SMILES string of the molecule is CCc1ccccc1OCC(=O)Nc1ccccc1-c1ccccc1. The van der Waals surface area contributed by atoms with Gasteiger partial charge in [-0.15, -0.1) is 0 Å². The van der Waals surface area contributed by atoms with Gasteiger partial charge in [-0.05, 0) is 29.7 Å². The third kappa shape index (κ3) is 4.27. The van der Waals surface area contributed by atoms with Gasteiger partial charge in [0.05, 0.1) is 0 Å².